The van der Waals surface area contributed by atoms with E-state index in [-0.39, 0.29) is 5.78 Å². The van der Waals surface area contributed by atoms with Gasteiger partial charge in [-0.2, -0.15) is 0 Å². The fraction of sp³-hybridized carbons (Fsp3) is 0.125. The van der Waals surface area contributed by atoms with Crippen molar-refractivity contribution >= 4 is 17.6 Å². The Morgan fingerprint density at radius 2 is 1.75 bits per heavy atom. The van der Waals surface area contributed by atoms with Crippen molar-refractivity contribution in [3.05, 3.63) is 53.6 Å². The van der Waals surface area contributed by atoms with Gasteiger partial charge in [0.15, 0.2) is 5.78 Å². The standard InChI is InChI=1S/C16H13NO3/c1-2-20-16(19)17-13-9-5-8-12-14(13)10-6-3-4-7-11(10)15(12)18/h3-9H,2H2,1H3,(H,17,19). The van der Waals surface area contributed by atoms with E-state index in [1.54, 1.807) is 31.2 Å². The summed E-state index contributed by atoms with van der Waals surface area (Å²) in [4.78, 5) is 23.9. The van der Waals surface area contributed by atoms with Crippen LogP contribution in [0, 0.1) is 0 Å². The first-order valence-corrected chi connectivity index (χ1v) is 6.43. The zero-order valence-electron chi connectivity index (χ0n) is 11.0. The lowest BCUT2D eigenvalue weighted by Gasteiger charge is -2.10. The molecule has 3 rings (SSSR count). The van der Waals surface area contributed by atoms with Crippen LogP contribution in [0.4, 0.5) is 10.5 Å². The number of carbonyl (C=O) groups excluding carboxylic acids is 2. The van der Waals surface area contributed by atoms with E-state index in [2.05, 4.69) is 5.32 Å². The van der Waals surface area contributed by atoms with Crippen molar-refractivity contribution in [2.45, 2.75) is 6.92 Å². The van der Waals surface area contributed by atoms with Crippen LogP contribution in [-0.2, 0) is 4.74 Å². The first kappa shape index (κ1) is 12.4. The Hall–Kier alpha value is -2.62. The molecule has 1 amide bonds. The molecule has 0 saturated heterocycles. The summed E-state index contributed by atoms with van der Waals surface area (Å²) in [6.07, 6.45) is -0.516. The van der Waals surface area contributed by atoms with Crippen molar-refractivity contribution in [3.63, 3.8) is 0 Å². The highest BCUT2D eigenvalue weighted by atomic mass is 16.5. The van der Waals surface area contributed by atoms with Crippen LogP contribution in [0.15, 0.2) is 42.5 Å². The second kappa shape index (κ2) is 4.81. The van der Waals surface area contributed by atoms with E-state index in [1.165, 1.54) is 0 Å². The number of amides is 1. The minimum Gasteiger partial charge on any atom is -0.450 e. The van der Waals surface area contributed by atoms with Gasteiger partial charge in [0.2, 0.25) is 0 Å². The molecule has 20 heavy (non-hydrogen) atoms. The van der Waals surface area contributed by atoms with Crippen LogP contribution < -0.4 is 5.32 Å². The van der Waals surface area contributed by atoms with E-state index in [0.717, 1.165) is 11.1 Å². The van der Waals surface area contributed by atoms with Crippen LogP contribution in [0.2, 0.25) is 0 Å². The summed E-state index contributed by atoms with van der Waals surface area (Å²) in [6.45, 7) is 2.05. The van der Waals surface area contributed by atoms with E-state index in [0.29, 0.717) is 23.4 Å². The summed E-state index contributed by atoms with van der Waals surface area (Å²) >= 11 is 0. The SMILES string of the molecule is CCOC(=O)Nc1cccc2c1-c1ccccc1C2=O. The smallest absolute Gasteiger partial charge is 0.411 e. The minimum absolute atomic E-state index is 0.0110. The molecule has 1 aliphatic rings. The first-order chi connectivity index (χ1) is 9.72. The highest BCUT2D eigenvalue weighted by Gasteiger charge is 2.28. The largest absolute Gasteiger partial charge is 0.450 e. The van der Waals surface area contributed by atoms with Crippen LogP contribution in [0.3, 0.4) is 0 Å². The van der Waals surface area contributed by atoms with Crippen molar-refractivity contribution < 1.29 is 14.3 Å². The van der Waals surface area contributed by atoms with Crippen LogP contribution >= 0.6 is 0 Å². The molecule has 0 saturated carbocycles. The molecule has 0 aliphatic heterocycles. The molecule has 4 heteroatoms. The van der Waals surface area contributed by atoms with E-state index in [9.17, 15) is 9.59 Å². The van der Waals surface area contributed by atoms with E-state index in [4.69, 9.17) is 4.74 Å². The maximum absolute atomic E-state index is 12.3. The van der Waals surface area contributed by atoms with E-state index >= 15 is 0 Å². The molecule has 0 atom stereocenters. The fourth-order valence-corrected chi connectivity index (χ4v) is 2.46. The number of hydrogen-bond donors (Lipinski definition) is 1. The third kappa shape index (κ3) is 1.86. The molecule has 0 aromatic heterocycles. The van der Waals surface area contributed by atoms with Crippen LogP contribution in [0.1, 0.15) is 22.8 Å². The van der Waals surface area contributed by atoms with Gasteiger partial charge in [-0.1, -0.05) is 36.4 Å². The Balaban J connectivity index is 2.10. The number of nitrogens with one attached hydrogen (secondary N) is 1. The van der Waals surface area contributed by atoms with Crippen LogP contribution in [0.5, 0.6) is 0 Å². The lowest BCUT2D eigenvalue weighted by atomic mass is 10.0. The van der Waals surface area contributed by atoms with Gasteiger partial charge in [-0.3, -0.25) is 10.1 Å². The summed E-state index contributed by atoms with van der Waals surface area (Å²) in [5.74, 6) is -0.0110. The van der Waals surface area contributed by atoms with Gasteiger partial charge >= 0.3 is 6.09 Å². The quantitative estimate of drug-likeness (QED) is 0.773. The fourth-order valence-electron chi connectivity index (χ4n) is 2.46. The summed E-state index contributed by atoms with van der Waals surface area (Å²) < 4.78 is 4.89. The molecule has 100 valence electrons. The number of anilines is 1. The highest BCUT2D eigenvalue weighted by Crippen LogP contribution is 2.41. The molecule has 0 spiro atoms. The molecule has 2 aromatic carbocycles. The zero-order chi connectivity index (χ0) is 14.1. The number of fused-ring (bicyclic) bond motifs is 3. The lowest BCUT2D eigenvalue weighted by molar-refractivity contribution is 0.104. The van der Waals surface area contributed by atoms with Crippen molar-refractivity contribution in [3.8, 4) is 11.1 Å². The predicted octanol–water partition coefficient (Wildman–Crippen LogP) is 3.47. The number of hydrogen-bond acceptors (Lipinski definition) is 3. The topological polar surface area (TPSA) is 55.4 Å². The van der Waals surface area contributed by atoms with E-state index in [1.807, 2.05) is 18.2 Å². The number of rotatable bonds is 2. The predicted molar refractivity (Wildman–Crippen MR) is 76.0 cm³/mol. The molecule has 1 aliphatic carbocycles. The molecule has 0 heterocycles. The molecular formula is C16H13NO3. The van der Waals surface area contributed by atoms with Gasteiger partial charge in [-0.15, -0.1) is 0 Å². The van der Waals surface area contributed by atoms with Gasteiger partial charge in [-0.25, -0.2) is 4.79 Å². The molecule has 4 nitrogen and oxygen atoms in total. The number of ether oxygens (including phenoxy) is 1. The highest BCUT2D eigenvalue weighted by molar-refractivity contribution is 6.24. The Kier molecular flexibility index (Phi) is 2.99. The molecule has 2 aromatic rings. The Labute approximate surface area is 116 Å². The lowest BCUT2D eigenvalue weighted by Crippen LogP contribution is -2.14. The van der Waals surface area contributed by atoms with Crippen molar-refractivity contribution in [2.75, 3.05) is 11.9 Å². The number of ketones is 1. The number of benzene rings is 2. The molecule has 0 bridgehead atoms. The second-order valence-electron chi connectivity index (χ2n) is 4.45. The third-order valence-corrected chi connectivity index (χ3v) is 3.26. The normalized spacial score (nSPS) is 11.8. The van der Waals surface area contributed by atoms with Crippen molar-refractivity contribution in [1.29, 1.82) is 0 Å². The average molecular weight is 267 g/mol. The summed E-state index contributed by atoms with van der Waals surface area (Å²) in [5.41, 5.74) is 3.49. The Morgan fingerprint density at radius 1 is 1.05 bits per heavy atom. The maximum atomic E-state index is 12.3. The Bertz CT molecular complexity index is 707. The minimum atomic E-state index is -0.516. The third-order valence-electron chi connectivity index (χ3n) is 3.26. The summed E-state index contributed by atoms with van der Waals surface area (Å²) in [6, 6.07) is 12.7. The molecule has 1 N–H and O–H groups in total. The molecular weight excluding hydrogens is 254 g/mol. The first-order valence-electron chi connectivity index (χ1n) is 6.43. The monoisotopic (exact) mass is 267 g/mol. The maximum Gasteiger partial charge on any atom is 0.411 e. The van der Waals surface area contributed by atoms with Gasteiger partial charge in [0.05, 0.1) is 12.3 Å². The van der Waals surface area contributed by atoms with Gasteiger partial charge in [0.25, 0.3) is 0 Å². The van der Waals surface area contributed by atoms with Crippen molar-refractivity contribution in [2.24, 2.45) is 0 Å². The van der Waals surface area contributed by atoms with Gasteiger partial charge in [0, 0.05) is 16.7 Å². The summed E-state index contributed by atoms with van der Waals surface area (Å²) in [5, 5.41) is 2.69. The molecule has 0 radical (unpaired) electrons. The Morgan fingerprint density at radius 3 is 2.50 bits per heavy atom. The number of carbonyl (C=O) groups is 2. The molecule has 0 unspecified atom stereocenters. The summed E-state index contributed by atoms with van der Waals surface area (Å²) in [7, 11) is 0. The average Bonchev–Trinajstić information content (AvgIpc) is 2.74. The van der Waals surface area contributed by atoms with Gasteiger partial charge in [0.1, 0.15) is 0 Å². The second-order valence-corrected chi connectivity index (χ2v) is 4.45. The zero-order valence-corrected chi connectivity index (χ0v) is 11.0. The van der Waals surface area contributed by atoms with E-state index < -0.39 is 6.09 Å². The van der Waals surface area contributed by atoms with Crippen molar-refractivity contribution in [1.82, 2.24) is 0 Å². The van der Waals surface area contributed by atoms with Crippen LogP contribution in [-0.4, -0.2) is 18.5 Å². The van der Waals surface area contributed by atoms with Gasteiger partial charge < -0.3 is 4.74 Å². The molecule has 0 fully saturated rings. The van der Waals surface area contributed by atoms with Gasteiger partial charge in [-0.05, 0) is 18.6 Å². The van der Waals surface area contributed by atoms with Crippen LogP contribution in [0.25, 0.3) is 11.1 Å².